The lowest BCUT2D eigenvalue weighted by Gasteiger charge is -2.07. The number of halogens is 1. The molecule has 0 aliphatic heterocycles. The van der Waals surface area contributed by atoms with E-state index in [2.05, 4.69) is 11.6 Å². The van der Waals surface area contributed by atoms with Gasteiger partial charge in [-0.15, -0.1) is 11.3 Å². The van der Waals surface area contributed by atoms with Crippen LogP contribution >= 0.6 is 22.9 Å². The van der Waals surface area contributed by atoms with E-state index < -0.39 is 4.92 Å². The fourth-order valence-corrected chi connectivity index (χ4v) is 3.38. The zero-order valence-corrected chi connectivity index (χ0v) is 16.4. The number of benzene rings is 2. The van der Waals surface area contributed by atoms with Crippen molar-refractivity contribution in [2.75, 3.05) is 0 Å². The Balaban J connectivity index is 1.67. The molecule has 0 bridgehead atoms. The molecule has 28 heavy (non-hydrogen) atoms. The summed E-state index contributed by atoms with van der Waals surface area (Å²) < 4.78 is 5.71. The minimum absolute atomic E-state index is 0.0352. The Bertz CT molecular complexity index is 1060. The average Bonchev–Trinajstić information content (AvgIpc) is 3.15. The van der Waals surface area contributed by atoms with Crippen LogP contribution in [-0.4, -0.2) is 15.7 Å². The minimum Gasteiger partial charge on any atom is -0.486 e. The second-order valence-electron chi connectivity index (χ2n) is 5.97. The predicted molar refractivity (Wildman–Crippen MR) is 109 cm³/mol. The van der Waals surface area contributed by atoms with Crippen molar-refractivity contribution in [3.05, 3.63) is 85.7 Å². The molecule has 0 radical (unpaired) electrons. The molecule has 2 aromatic carbocycles. The number of non-ortho nitro benzene ring substituents is 1. The Morgan fingerprint density at radius 3 is 2.61 bits per heavy atom. The first-order valence-electron chi connectivity index (χ1n) is 8.17. The lowest BCUT2D eigenvalue weighted by Crippen LogP contribution is -2.01. The van der Waals surface area contributed by atoms with Crippen molar-refractivity contribution in [3.63, 3.8) is 0 Å². The van der Waals surface area contributed by atoms with Gasteiger partial charge in [-0.2, -0.15) is 0 Å². The van der Waals surface area contributed by atoms with Crippen molar-refractivity contribution >= 4 is 34.4 Å². The lowest BCUT2D eigenvalue weighted by atomic mass is 10.1. The summed E-state index contributed by atoms with van der Waals surface area (Å²) in [7, 11) is 0. The maximum absolute atomic E-state index is 12.0. The smallest absolute Gasteiger partial charge is 0.269 e. The number of carbonyl (C=O) groups excluding carboxylic acids is 1. The molecular formula is C20H15ClN2O4S. The van der Waals surface area contributed by atoms with Gasteiger partial charge in [0.25, 0.3) is 5.69 Å². The van der Waals surface area contributed by atoms with Crippen LogP contribution in [0.3, 0.4) is 0 Å². The van der Waals surface area contributed by atoms with E-state index >= 15 is 0 Å². The largest absolute Gasteiger partial charge is 0.486 e. The van der Waals surface area contributed by atoms with Crippen LogP contribution in [0, 0.1) is 10.1 Å². The van der Waals surface area contributed by atoms with E-state index in [1.165, 1.54) is 23.5 Å². The van der Waals surface area contributed by atoms with Crippen LogP contribution in [-0.2, 0) is 6.61 Å². The number of rotatable bonds is 7. The molecule has 0 aliphatic carbocycles. The van der Waals surface area contributed by atoms with Gasteiger partial charge in [-0.05, 0) is 42.8 Å². The Morgan fingerprint density at radius 1 is 1.29 bits per heavy atom. The third-order valence-electron chi connectivity index (χ3n) is 3.86. The molecule has 0 saturated heterocycles. The summed E-state index contributed by atoms with van der Waals surface area (Å²) in [6, 6.07) is 11.1. The van der Waals surface area contributed by atoms with Crippen molar-refractivity contribution < 1.29 is 14.5 Å². The van der Waals surface area contributed by atoms with Gasteiger partial charge in [-0.25, -0.2) is 4.98 Å². The minimum atomic E-state index is -0.440. The quantitative estimate of drug-likeness (QED) is 0.214. The summed E-state index contributed by atoms with van der Waals surface area (Å²) in [5, 5.41) is 13.6. The van der Waals surface area contributed by atoms with E-state index in [0.717, 1.165) is 16.3 Å². The fourth-order valence-electron chi connectivity index (χ4n) is 2.41. The van der Waals surface area contributed by atoms with Crippen molar-refractivity contribution in [1.82, 2.24) is 4.98 Å². The fraction of sp³-hybridized carbons (Fsp3) is 0.100. The highest BCUT2D eigenvalue weighted by Crippen LogP contribution is 2.27. The molecule has 0 aliphatic rings. The van der Waals surface area contributed by atoms with Crippen LogP contribution in [0.2, 0.25) is 5.02 Å². The molecule has 0 unspecified atom stereocenters. The van der Waals surface area contributed by atoms with Crippen molar-refractivity contribution in [3.8, 4) is 17.0 Å². The Labute approximate surface area is 170 Å². The van der Waals surface area contributed by atoms with E-state index in [1.54, 1.807) is 37.3 Å². The van der Waals surface area contributed by atoms with Crippen LogP contribution in [0.15, 0.2) is 60.0 Å². The van der Waals surface area contributed by atoms with Crippen molar-refractivity contribution in [2.45, 2.75) is 13.5 Å². The third-order valence-corrected chi connectivity index (χ3v) is 5.00. The number of nitro benzene ring substituents is 1. The van der Waals surface area contributed by atoms with Crippen molar-refractivity contribution in [2.24, 2.45) is 0 Å². The number of hydrogen-bond acceptors (Lipinski definition) is 6. The molecular weight excluding hydrogens is 400 g/mol. The van der Waals surface area contributed by atoms with E-state index in [9.17, 15) is 14.9 Å². The number of nitrogens with zero attached hydrogens (tertiary/aromatic N) is 2. The van der Waals surface area contributed by atoms with Crippen LogP contribution in [0.4, 0.5) is 5.69 Å². The summed E-state index contributed by atoms with van der Waals surface area (Å²) in [5.41, 5.74) is 2.35. The molecule has 0 saturated carbocycles. The van der Waals surface area contributed by atoms with Gasteiger partial charge in [0, 0.05) is 28.6 Å². The molecule has 0 N–H and O–H groups in total. The van der Waals surface area contributed by atoms with Crippen LogP contribution in [0.5, 0.6) is 5.75 Å². The van der Waals surface area contributed by atoms with Gasteiger partial charge in [0.05, 0.1) is 15.6 Å². The SMILES string of the molecule is C=C(C)C(=O)c1ccc(OCc2nc(-c3ccc([N+](=O)[O-])cc3)cs2)cc1Cl. The molecule has 6 nitrogen and oxygen atoms in total. The van der Waals surface area contributed by atoms with E-state index in [4.69, 9.17) is 16.3 Å². The lowest BCUT2D eigenvalue weighted by molar-refractivity contribution is -0.384. The second kappa shape index (κ2) is 8.33. The number of ether oxygens (including phenoxy) is 1. The number of nitro groups is 1. The predicted octanol–water partition coefficient (Wildman–Crippen LogP) is 5.71. The number of hydrogen-bond donors (Lipinski definition) is 0. The molecule has 0 amide bonds. The monoisotopic (exact) mass is 414 g/mol. The average molecular weight is 415 g/mol. The molecule has 8 heteroatoms. The first-order valence-corrected chi connectivity index (χ1v) is 9.42. The summed E-state index contributed by atoms with van der Waals surface area (Å²) in [6.45, 7) is 5.50. The van der Waals surface area contributed by atoms with Gasteiger partial charge in [0.2, 0.25) is 0 Å². The zero-order chi connectivity index (χ0) is 20.3. The third kappa shape index (κ3) is 4.44. The number of carbonyl (C=O) groups is 1. The Kier molecular flexibility index (Phi) is 5.87. The van der Waals surface area contributed by atoms with E-state index in [0.29, 0.717) is 21.9 Å². The van der Waals surface area contributed by atoms with Crippen molar-refractivity contribution in [1.29, 1.82) is 0 Å². The Hall–Kier alpha value is -3.03. The molecule has 1 heterocycles. The highest BCUT2D eigenvalue weighted by atomic mass is 35.5. The van der Waals surface area contributed by atoms with Gasteiger partial charge in [0.1, 0.15) is 17.4 Å². The number of Topliss-reactive ketones (excluding diaryl/α,β-unsaturated/α-hetero) is 1. The number of allylic oxidation sites excluding steroid dienone is 1. The molecule has 1 aromatic heterocycles. The number of thiazole rings is 1. The van der Waals surface area contributed by atoms with Crippen LogP contribution in [0.1, 0.15) is 22.3 Å². The molecule has 3 rings (SSSR count). The van der Waals surface area contributed by atoms with Crippen LogP contribution < -0.4 is 4.74 Å². The summed E-state index contributed by atoms with van der Waals surface area (Å²) >= 11 is 7.59. The Morgan fingerprint density at radius 2 is 2.00 bits per heavy atom. The van der Waals surface area contributed by atoms with Gasteiger partial charge in [-0.1, -0.05) is 18.2 Å². The summed E-state index contributed by atoms with van der Waals surface area (Å²) in [5.74, 6) is 0.319. The van der Waals surface area contributed by atoms with E-state index in [-0.39, 0.29) is 18.1 Å². The molecule has 3 aromatic rings. The normalized spacial score (nSPS) is 10.5. The van der Waals surface area contributed by atoms with Gasteiger partial charge >= 0.3 is 0 Å². The zero-order valence-electron chi connectivity index (χ0n) is 14.8. The first-order chi connectivity index (χ1) is 13.3. The highest BCUT2D eigenvalue weighted by Gasteiger charge is 2.13. The highest BCUT2D eigenvalue weighted by molar-refractivity contribution is 7.09. The van der Waals surface area contributed by atoms with Crippen LogP contribution in [0.25, 0.3) is 11.3 Å². The second-order valence-corrected chi connectivity index (χ2v) is 7.32. The maximum Gasteiger partial charge on any atom is 0.269 e. The maximum atomic E-state index is 12.0. The van der Waals surface area contributed by atoms with E-state index in [1.807, 2.05) is 5.38 Å². The van der Waals surface area contributed by atoms with Gasteiger partial charge in [-0.3, -0.25) is 14.9 Å². The molecule has 0 atom stereocenters. The molecule has 0 spiro atoms. The van der Waals surface area contributed by atoms with Gasteiger partial charge in [0.15, 0.2) is 5.78 Å². The summed E-state index contributed by atoms with van der Waals surface area (Å²) in [6.07, 6.45) is 0. The number of aromatic nitrogens is 1. The van der Waals surface area contributed by atoms with Gasteiger partial charge < -0.3 is 4.74 Å². The summed E-state index contributed by atoms with van der Waals surface area (Å²) in [4.78, 5) is 26.8. The molecule has 142 valence electrons. The number of ketones is 1. The molecule has 0 fully saturated rings. The standard InChI is InChI=1S/C20H15ClN2O4S/c1-12(2)20(24)16-8-7-15(9-17(16)21)27-10-19-22-18(11-28-19)13-3-5-14(6-4-13)23(25)26/h3-9,11H,1,10H2,2H3. The first kappa shape index (κ1) is 19.7. The topological polar surface area (TPSA) is 82.3 Å².